The monoisotopic (exact) mass is 407 g/mol. The molecule has 4 aromatic rings. The Balaban J connectivity index is 1.38. The molecule has 0 saturated carbocycles. The lowest BCUT2D eigenvalue weighted by atomic mass is 10.0. The third kappa shape index (κ3) is 3.69. The molecule has 1 aliphatic heterocycles. The van der Waals surface area contributed by atoms with E-state index in [0.717, 1.165) is 42.1 Å². The van der Waals surface area contributed by atoms with Crippen LogP contribution in [0, 0.1) is 5.82 Å². The van der Waals surface area contributed by atoms with E-state index in [1.54, 1.807) is 6.26 Å². The maximum Gasteiger partial charge on any atom is 0.417 e. The Kier molecular flexibility index (Phi) is 4.77. The van der Waals surface area contributed by atoms with Crippen molar-refractivity contribution in [2.45, 2.75) is 12.6 Å². The first kappa shape index (κ1) is 18.8. The van der Waals surface area contributed by atoms with Crippen molar-refractivity contribution >= 4 is 11.1 Å². The highest BCUT2D eigenvalue weighted by molar-refractivity contribution is 5.79. The number of aromatic amines is 1. The number of fused-ring (bicyclic) bond motifs is 1. The number of halogens is 1. The summed E-state index contributed by atoms with van der Waals surface area (Å²) in [6, 6.07) is 14.5. The quantitative estimate of drug-likeness (QED) is 0.554. The molecule has 3 heterocycles. The first-order valence-corrected chi connectivity index (χ1v) is 9.94. The molecule has 0 bridgehead atoms. The SMILES string of the molecule is CN1CCN(Cc2cc(-c3ccc4[nH]c(=O)oc4c3)co2)[C@@H](c2ccc(F)cc2)C1. The van der Waals surface area contributed by atoms with Gasteiger partial charge in [-0.1, -0.05) is 18.2 Å². The van der Waals surface area contributed by atoms with Crippen LogP contribution in [0.25, 0.3) is 22.2 Å². The van der Waals surface area contributed by atoms with Gasteiger partial charge in [0.25, 0.3) is 0 Å². The second-order valence-electron chi connectivity index (χ2n) is 7.83. The molecule has 1 saturated heterocycles. The fourth-order valence-electron chi connectivity index (χ4n) is 4.09. The molecule has 6 nitrogen and oxygen atoms in total. The number of piperazine rings is 1. The van der Waals surface area contributed by atoms with Gasteiger partial charge < -0.3 is 13.7 Å². The Bertz CT molecular complexity index is 1220. The number of benzene rings is 2. The second kappa shape index (κ2) is 7.59. The number of nitrogens with one attached hydrogen (secondary N) is 1. The predicted octanol–water partition coefficient (Wildman–Crippen LogP) is 4.01. The molecule has 1 atom stereocenters. The zero-order valence-corrected chi connectivity index (χ0v) is 16.6. The number of furan rings is 1. The van der Waals surface area contributed by atoms with E-state index < -0.39 is 5.76 Å². The average molecular weight is 407 g/mol. The van der Waals surface area contributed by atoms with Crippen LogP contribution in [-0.2, 0) is 6.54 Å². The molecule has 2 aromatic carbocycles. The molecule has 154 valence electrons. The van der Waals surface area contributed by atoms with Gasteiger partial charge in [0.05, 0.1) is 18.3 Å². The summed E-state index contributed by atoms with van der Waals surface area (Å²) in [6.45, 7) is 3.41. The number of rotatable bonds is 4. The molecule has 30 heavy (non-hydrogen) atoms. The zero-order valence-electron chi connectivity index (χ0n) is 16.6. The van der Waals surface area contributed by atoms with Crippen molar-refractivity contribution in [1.29, 1.82) is 0 Å². The van der Waals surface area contributed by atoms with E-state index in [-0.39, 0.29) is 11.9 Å². The average Bonchev–Trinajstić information content (AvgIpc) is 3.35. The van der Waals surface area contributed by atoms with Gasteiger partial charge in [0.2, 0.25) is 0 Å². The van der Waals surface area contributed by atoms with Crippen LogP contribution < -0.4 is 5.76 Å². The Morgan fingerprint density at radius 3 is 2.77 bits per heavy atom. The summed E-state index contributed by atoms with van der Waals surface area (Å²) in [4.78, 5) is 18.7. The lowest BCUT2D eigenvalue weighted by Gasteiger charge is -2.40. The van der Waals surface area contributed by atoms with Crippen LogP contribution in [0.3, 0.4) is 0 Å². The number of nitrogens with zero attached hydrogens (tertiary/aromatic N) is 2. The van der Waals surface area contributed by atoms with Gasteiger partial charge in [-0.15, -0.1) is 0 Å². The van der Waals surface area contributed by atoms with E-state index in [1.807, 2.05) is 36.4 Å². The summed E-state index contributed by atoms with van der Waals surface area (Å²) < 4.78 is 24.4. The number of H-pyrrole nitrogens is 1. The van der Waals surface area contributed by atoms with E-state index in [1.165, 1.54) is 12.1 Å². The standard InChI is InChI=1S/C23H22FN3O3/c1-26-8-9-27(21(13-26)15-2-5-18(24)6-3-15)12-19-10-17(14-29-19)16-4-7-20-22(11-16)30-23(28)25-20/h2-7,10-11,14,21H,8-9,12-13H2,1H3,(H,25,28)/t21-/m1/s1. The maximum absolute atomic E-state index is 13.4. The predicted molar refractivity (Wildman–Crippen MR) is 112 cm³/mol. The number of oxazole rings is 1. The highest BCUT2D eigenvalue weighted by atomic mass is 19.1. The van der Waals surface area contributed by atoms with Crippen LogP contribution in [0.15, 0.2) is 68.4 Å². The highest BCUT2D eigenvalue weighted by Crippen LogP contribution is 2.30. The summed E-state index contributed by atoms with van der Waals surface area (Å²) in [5.41, 5.74) is 4.15. The number of aromatic nitrogens is 1. The van der Waals surface area contributed by atoms with Crippen LogP contribution in [0.4, 0.5) is 4.39 Å². The van der Waals surface area contributed by atoms with E-state index in [0.29, 0.717) is 17.6 Å². The first-order chi connectivity index (χ1) is 14.5. The van der Waals surface area contributed by atoms with Gasteiger partial charge in [0.1, 0.15) is 11.6 Å². The molecule has 0 unspecified atom stereocenters. The molecule has 7 heteroatoms. The summed E-state index contributed by atoms with van der Waals surface area (Å²) >= 11 is 0. The van der Waals surface area contributed by atoms with Crippen molar-refractivity contribution in [2.75, 3.05) is 26.7 Å². The minimum Gasteiger partial charge on any atom is -0.467 e. The van der Waals surface area contributed by atoms with Gasteiger partial charge in [-0.05, 0) is 48.5 Å². The zero-order chi connectivity index (χ0) is 20.7. The van der Waals surface area contributed by atoms with Crippen molar-refractivity contribution < 1.29 is 13.2 Å². The summed E-state index contributed by atoms with van der Waals surface area (Å²) in [5, 5.41) is 0. The van der Waals surface area contributed by atoms with Crippen molar-refractivity contribution in [2.24, 2.45) is 0 Å². The molecule has 0 spiro atoms. The van der Waals surface area contributed by atoms with E-state index in [9.17, 15) is 9.18 Å². The Morgan fingerprint density at radius 1 is 1.10 bits per heavy atom. The Morgan fingerprint density at radius 2 is 1.93 bits per heavy atom. The molecule has 1 N–H and O–H groups in total. The minimum absolute atomic E-state index is 0.170. The number of likely N-dealkylation sites (N-methyl/N-ethyl adjacent to an activating group) is 1. The summed E-state index contributed by atoms with van der Waals surface area (Å²) in [7, 11) is 2.11. The van der Waals surface area contributed by atoms with Gasteiger partial charge >= 0.3 is 5.76 Å². The lowest BCUT2D eigenvalue weighted by Crippen LogP contribution is -2.46. The molecule has 0 amide bonds. The lowest BCUT2D eigenvalue weighted by molar-refractivity contribution is 0.0772. The number of hydrogen-bond donors (Lipinski definition) is 1. The highest BCUT2D eigenvalue weighted by Gasteiger charge is 2.27. The Hall–Kier alpha value is -3.16. The molecule has 1 aliphatic rings. The van der Waals surface area contributed by atoms with Crippen molar-refractivity contribution in [3.05, 3.63) is 82.5 Å². The number of hydrogen-bond acceptors (Lipinski definition) is 5. The molecule has 2 aromatic heterocycles. The van der Waals surface area contributed by atoms with Crippen molar-refractivity contribution in [3.63, 3.8) is 0 Å². The molecular formula is C23H22FN3O3. The summed E-state index contributed by atoms with van der Waals surface area (Å²) in [6.07, 6.45) is 1.73. The van der Waals surface area contributed by atoms with Crippen LogP contribution in [0.2, 0.25) is 0 Å². The fourth-order valence-corrected chi connectivity index (χ4v) is 4.09. The molecule has 0 radical (unpaired) electrons. The topological polar surface area (TPSA) is 65.6 Å². The third-order valence-electron chi connectivity index (χ3n) is 5.72. The van der Waals surface area contributed by atoms with Crippen molar-refractivity contribution in [3.8, 4) is 11.1 Å². The van der Waals surface area contributed by atoms with E-state index in [4.69, 9.17) is 8.83 Å². The smallest absolute Gasteiger partial charge is 0.417 e. The normalized spacial score (nSPS) is 18.3. The molecule has 1 fully saturated rings. The van der Waals surface area contributed by atoms with Gasteiger partial charge in [-0.3, -0.25) is 9.88 Å². The minimum atomic E-state index is -0.461. The van der Waals surface area contributed by atoms with Crippen LogP contribution in [0.5, 0.6) is 0 Å². The summed E-state index contributed by atoms with van der Waals surface area (Å²) in [5.74, 6) is 0.176. The maximum atomic E-state index is 13.4. The van der Waals surface area contributed by atoms with E-state index in [2.05, 4.69) is 21.8 Å². The first-order valence-electron chi connectivity index (χ1n) is 9.94. The van der Waals surface area contributed by atoms with Gasteiger partial charge in [-0.25, -0.2) is 9.18 Å². The third-order valence-corrected chi connectivity index (χ3v) is 5.72. The fraction of sp³-hybridized carbons (Fsp3) is 0.261. The van der Waals surface area contributed by atoms with Gasteiger partial charge in [0, 0.05) is 31.2 Å². The molecular weight excluding hydrogens is 385 g/mol. The second-order valence-corrected chi connectivity index (χ2v) is 7.83. The van der Waals surface area contributed by atoms with Crippen molar-refractivity contribution in [1.82, 2.24) is 14.8 Å². The van der Waals surface area contributed by atoms with Gasteiger partial charge in [0.15, 0.2) is 5.58 Å². The largest absolute Gasteiger partial charge is 0.467 e. The van der Waals surface area contributed by atoms with Crippen LogP contribution >= 0.6 is 0 Å². The molecule has 5 rings (SSSR count). The van der Waals surface area contributed by atoms with Gasteiger partial charge in [-0.2, -0.15) is 0 Å². The van der Waals surface area contributed by atoms with E-state index >= 15 is 0 Å². The Labute approximate surface area is 172 Å². The molecule has 0 aliphatic carbocycles. The van der Waals surface area contributed by atoms with Crippen LogP contribution in [-0.4, -0.2) is 41.5 Å². The van der Waals surface area contributed by atoms with Crippen LogP contribution in [0.1, 0.15) is 17.4 Å².